The summed E-state index contributed by atoms with van der Waals surface area (Å²) < 4.78 is 10.6. The minimum atomic E-state index is -0.407. The molecule has 3 heteroatoms. The zero-order valence-electron chi connectivity index (χ0n) is 15.4. The van der Waals surface area contributed by atoms with Gasteiger partial charge in [-0.1, -0.05) is 72.5 Å². The summed E-state index contributed by atoms with van der Waals surface area (Å²) in [7, 11) is 1.63. The number of methoxy groups -OCH3 is 1. The van der Waals surface area contributed by atoms with Crippen LogP contribution in [-0.4, -0.2) is 19.7 Å². The molecule has 134 valence electrons. The van der Waals surface area contributed by atoms with Gasteiger partial charge in [-0.2, -0.15) is 0 Å². The molecule has 3 nitrogen and oxygen atoms in total. The minimum absolute atomic E-state index is 0.321. The Morgan fingerprint density at radius 1 is 1.00 bits per heavy atom. The molecule has 0 N–H and O–H groups in total. The second kappa shape index (κ2) is 8.73. The lowest BCUT2D eigenvalue weighted by molar-refractivity contribution is -0.137. The summed E-state index contributed by atoms with van der Waals surface area (Å²) in [6.45, 7) is 2.10. The van der Waals surface area contributed by atoms with Crippen LogP contribution in [0.3, 0.4) is 0 Å². The van der Waals surface area contributed by atoms with E-state index in [0.29, 0.717) is 17.9 Å². The van der Waals surface area contributed by atoms with Crippen molar-refractivity contribution >= 4 is 22.3 Å². The van der Waals surface area contributed by atoms with E-state index in [-0.39, 0.29) is 0 Å². The molecule has 0 aliphatic carbocycles. The number of hydrogen-bond donors (Lipinski definition) is 0. The van der Waals surface area contributed by atoms with Gasteiger partial charge >= 0.3 is 5.97 Å². The number of fused-ring (bicyclic) bond motifs is 1. The standard InChI is InChI=1S/C24H20O3/c1-3-27-24(25)17-20(18-9-5-4-6-10-18)13-15-22-21-12-8-7-11-19(21)14-16-23(22)26-2/h4-12,14,16-17H,3H2,1-2H3. The molecule has 0 radical (unpaired) electrons. The maximum absolute atomic E-state index is 12.0. The SMILES string of the molecule is CCOC(=O)C=C(C#Cc1c(OC)ccc2ccccc12)c1ccccc1. The Balaban J connectivity index is 2.12. The summed E-state index contributed by atoms with van der Waals surface area (Å²) in [5, 5.41) is 2.09. The maximum Gasteiger partial charge on any atom is 0.332 e. The van der Waals surface area contributed by atoms with E-state index in [1.54, 1.807) is 14.0 Å². The Hall–Kier alpha value is -3.51. The van der Waals surface area contributed by atoms with E-state index in [0.717, 1.165) is 21.9 Å². The molecule has 0 aliphatic heterocycles. The van der Waals surface area contributed by atoms with Gasteiger partial charge in [-0.3, -0.25) is 0 Å². The Labute approximate surface area is 159 Å². The summed E-state index contributed by atoms with van der Waals surface area (Å²) in [6.07, 6.45) is 1.43. The number of rotatable bonds is 4. The molecule has 0 unspecified atom stereocenters. The molecule has 0 aromatic heterocycles. The molecule has 0 heterocycles. The second-order valence-electron chi connectivity index (χ2n) is 5.79. The minimum Gasteiger partial charge on any atom is -0.495 e. The van der Waals surface area contributed by atoms with Crippen LogP contribution in [-0.2, 0) is 9.53 Å². The van der Waals surface area contributed by atoms with Gasteiger partial charge in [-0.05, 0) is 23.9 Å². The van der Waals surface area contributed by atoms with Crippen molar-refractivity contribution in [3.63, 3.8) is 0 Å². The lowest BCUT2D eigenvalue weighted by atomic mass is 10.0. The van der Waals surface area contributed by atoms with Crippen LogP contribution in [0.25, 0.3) is 16.3 Å². The van der Waals surface area contributed by atoms with Crippen LogP contribution in [0.1, 0.15) is 18.1 Å². The van der Waals surface area contributed by atoms with Gasteiger partial charge in [-0.25, -0.2) is 4.79 Å². The number of allylic oxidation sites excluding steroid dienone is 1. The smallest absolute Gasteiger partial charge is 0.332 e. The van der Waals surface area contributed by atoms with Crippen molar-refractivity contribution in [1.82, 2.24) is 0 Å². The summed E-state index contributed by atoms with van der Waals surface area (Å²) in [5.41, 5.74) is 2.25. The van der Waals surface area contributed by atoms with Gasteiger partial charge in [0.25, 0.3) is 0 Å². The Morgan fingerprint density at radius 2 is 1.74 bits per heavy atom. The van der Waals surface area contributed by atoms with Crippen LogP contribution in [0.15, 0.2) is 72.8 Å². The largest absolute Gasteiger partial charge is 0.495 e. The number of carbonyl (C=O) groups excluding carboxylic acids is 1. The van der Waals surface area contributed by atoms with E-state index in [1.807, 2.05) is 66.7 Å². The molecular weight excluding hydrogens is 336 g/mol. The molecule has 0 amide bonds. The first kappa shape index (κ1) is 18.3. The van der Waals surface area contributed by atoms with E-state index in [2.05, 4.69) is 11.8 Å². The van der Waals surface area contributed by atoms with Crippen molar-refractivity contribution in [2.24, 2.45) is 0 Å². The molecule has 3 aromatic rings. The average molecular weight is 356 g/mol. The molecule has 0 atom stereocenters. The fourth-order valence-corrected chi connectivity index (χ4v) is 2.79. The quantitative estimate of drug-likeness (QED) is 0.381. The number of esters is 1. The third-order valence-corrected chi connectivity index (χ3v) is 4.07. The van der Waals surface area contributed by atoms with E-state index >= 15 is 0 Å². The van der Waals surface area contributed by atoms with Gasteiger partial charge in [0.15, 0.2) is 0 Å². The Morgan fingerprint density at radius 3 is 2.48 bits per heavy atom. The molecule has 0 bridgehead atoms. The van der Waals surface area contributed by atoms with E-state index in [9.17, 15) is 4.79 Å². The van der Waals surface area contributed by atoms with Crippen LogP contribution in [0.5, 0.6) is 5.75 Å². The number of benzene rings is 3. The molecule has 0 saturated heterocycles. The van der Waals surface area contributed by atoms with Gasteiger partial charge in [0.2, 0.25) is 0 Å². The normalized spacial score (nSPS) is 10.8. The predicted molar refractivity (Wildman–Crippen MR) is 108 cm³/mol. The first-order valence-corrected chi connectivity index (χ1v) is 8.74. The van der Waals surface area contributed by atoms with E-state index < -0.39 is 5.97 Å². The highest BCUT2D eigenvalue weighted by molar-refractivity contribution is 5.97. The van der Waals surface area contributed by atoms with Crippen molar-refractivity contribution < 1.29 is 14.3 Å². The van der Waals surface area contributed by atoms with E-state index in [4.69, 9.17) is 9.47 Å². The summed E-state index contributed by atoms with van der Waals surface area (Å²) in [6, 6.07) is 21.5. The number of carbonyl (C=O) groups is 1. The summed E-state index contributed by atoms with van der Waals surface area (Å²) in [4.78, 5) is 12.0. The molecule has 0 fully saturated rings. The fraction of sp³-hybridized carbons (Fsp3) is 0.125. The predicted octanol–water partition coefficient (Wildman–Crippen LogP) is 4.85. The third-order valence-electron chi connectivity index (χ3n) is 4.07. The maximum atomic E-state index is 12.0. The van der Waals surface area contributed by atoms with Crippen LogP contribution in [0.4, 0.5) is 0 Å². The Bertz CT molecular complexity index is 1040. The highest BCUT2D eigenvalue weighted by Gasteiger charge is 2.07. The Kier molecular flexibility index (Phi) is 5.91. The zero-order chi connectivity index (χ0) is 19.1. The number of ether oxygens (including phenoxy) is 2. The molecule has 0 saturated carbocycles. The van der Waals surface area contributed by atoms with Crippen LogP contribution in [0, 0.1) is 11.8 Å². The first-order chi connectivity index (χ1) is 13.2. The average Bonchev–Trinajstić information content (AvgIpc) is 2.71. The van der Waals surface area contributed by atoms with Gasteiger partial charge < -0.3 is 9.47 Å². The fourth-order valence-electron chi connectivity index (χ4n) is 2.79. The van der Waals surface area contributed by atoms with Gasteiger partial charge in [0, 0.05) is 17.0 Å². The van der Waals surface area contributed by atoms with Crippen molar-refractivity contribution in [3.05, 3.63) is 83.9 Å². The highest BCUT2D eigenvalue weighted by atomic mass is 16.5. The summed E-state index contributed by atoms with van der Waals surface area (Å²) in [5.74, 6) is 6.63. The zero-order valence-corrected chi connectivity index (χ0v) is 15.4. The molecule has 27 heavy (non-hydrogen) atoms. The van der Waals surface area contributed by atoms with Crippen molar-refractivity contribution in [3.8, 4) is 17.6 Å². The summed E-state index contributed by atoms with van der Waals surface area (Å²) >= 11 is 0. The van der Waals surface area contributed by atoms with Gasteiger partial charge in [-0.15, -0.1) is 0 Å². The topological polar surface area (TPSA) is 35.5 Å². The van der Waals surface area contributed by atoms with Gasteiger partial charge in [0.1, 0.15) is 5.75 Å². The lowest BCUT2D eigenvalue weighted by Gasteiger charge is -2.07. The van der Waals surface area contributed by atoms with Crippen LogP contribution in [0.2, 0.25) is 0 Å². The van der Waals surface area contributed by atoms with Crippen molar-refractivity contribution in [1.29, 1.82) is 0 Å². The first-order valence-electron chi connectivity index (χ1n) is 8.74. The van der Waals surface area contributed by atoms with Gasteiger partial charge in [0.05, 0.1) is 19.3 Å². The van der Waals surface area contributed by atoms with Crippen molar-refractivity contribution in [2.75, 3.05) is 13.7 Å². The lowest BCUT2D eigenvalue weighted by Crippen LogP contribution is -2.00. The molecular formula is C24H20O3. The molecule has 3 rings (SSSR count). The van der Waals surface area contributed by atoms with Crippen LogP contribution >= 0.6 is 0 Å². The van der Waals surface area contributed by atoms with Crippen LogP contribution < -0.4 is 4.74 Å². The molecule has 3 aromatic carbocycles. The number of hydrogen-bond acceptors (Lipinski definition) is 3. The third kappa shape index (κ3) is 4.37. The molecule has 0 aliphatic rings. The molecule has 0 spiro atoms. The second-order valence-corrected chi connectivity index (χ2v) is 5.79. The van der Waals surface area contributed by atoms with Crippen molar-refractivity contribution in [2.45, 2.75) is 6.92 Å². The highest BCUT2D eigenvalue weighted by Crippen LogP contribution is 2.27. The monoisotopic (exact) mass is 356 g/mol. The van der Waals surface area contributed by atoms with E-state index in [1.165, 1.54) is 6.08 Å².